The first-order valence-corrected chi connectivity index (χ1v) is 13.8. The molecule has 5 aromatic rings. The molecule has 0 saturated carbocycles. The number of fused-ring (bicyclic) bond motifs is 1. The van der Waals surface area contributed by atoms with E-state index >= 15 is 0 Å². The number of rotatable bonds is 7. The minimum absolute atomic E-state index is 0.00628. The average Bonchev–Trinajstić information content (AvgIpc) is 3.17. The lowest BCUT2D eigenvalue weighted by Crippen LogP contribution is -2.14. The van der Waals surface area contributed by atoms with Gasteiger partial charge in [0.1, 0.15) is 5.75 Å². The largest absolute Gasteiger partial charge is 0.455 e. The number of aromatic nitrogens is 1. The number of hydrogen-bond acceptors (Lipinski definition) is 5. The van der Waals surface area contributed by atoms with Crippen LogP contribution in [0.25, 0.3) is 10.2 Å². The van der Waals surface area contributed by atoms with Crippen molar-refractivity contribution in [1.82, 2.24) is 4.57 Å². The Morgan fingerprint density at radius 3 is 2.42 bits per heavy atom. The maximum Gasteiger partial charge on any atom is 0.308 e. The number of nitrogens with zero attached hydrogens (tertiary/aromatic N) is 1. The van der Waals surface area contributed by atoms with E-state index in [0.29, 0.717) is 31.8 Å². The van der Waals surface area contributed by atoms with Gasteiger partial charge in [-0.15, -0.1) is 0 Å². The van der Waals surface area contributed by atoms with Crippen LogP contribution in [-0.2, 0) is 16.6 Å². The summed E-state index contributed by atoms with van der Waals surface area (Å²) in [7, 11) is -4.02. The van der Waals surface area contributed by atoms with Gasteiger partial charge in [-0.05, 0) is 60.2 Å². The molecule has 4 aromatic carbocycles. The molecular weight excluding hydrogens is 539 g/mol. The highest BCUT2D eigenvalue weighted by Gasteiger charge is 2.20. The van der Waals surface area contributed by atoms with E-state index in [4.69, 9.17) is 27.9 Å². The number of hydrogen-bond donors (Lipinski definition) is 1. The fourth-order valence-corrected chi connectivity index (χ4v) is 6.11. The zero-order chi connectivity index (χ0) is 25.3. The molecule has 0 amide bonds. The molecule has 182 valence electrons. The van der Waals surface area contributed by atoms with Gasteiger partial charge in [0.2, 0.25) is 0 Å². The summed E-state index contributed by atoms with van der Waals surface area (Å²) < 4.78 is 37.1. The van der Waals surface area contributed by atoms with Crippen LogP contribution in [0.3, 0.4) is 0 Å². The topological polar surface area (TPSA) is 77.4 Å². The number of ether oxygens (including phenoxy) is 1. The van der Waals surface area contributed by atoms with Gasteiger partial charge in [0, 0.05) is 10.0 Å². The summed E-state index contributed by atoms with van der Waals surface area (Å²) in [6.07, 6.45) is 0. The number of sulfonamides is 1. The van der Waals surface area contributed by atoms with Crippen LogP contribution < -0.4 is 14.3 Å². The lowest BCUT2D eigenvalue weighted by atomic mass is 10.2. The third-order valence-corrected chi connectivity index (χ3v) is 8.30. The molecule has 0 radical (unpaired) electrons. The summed E-state index contributed by atoms with van der Waals surface area (Å²) in [6, 6.07) is 25.5. The molecule has 0 aliphatic heterocycles. The summed E-state index contributed by atoms with van der Waals surface area (Å²) in [5.41, 5.74) is 1.61. The Bertz CT molecular complexity index is 1730. The first-order valence-electron chi connectivity index (χ1n) is 10.7. The van der Waals surface area contributed by atoms with Crippen LogP contribution in [0.1, 0.15) is 5.56 Å². The maximum atomic E-state index is 13.3. The minimum atomic E-state index is -4.02. The fourth-order valence-electron chi connectivity index (χ4n) is 3.65. The van der Waals surface area contributed by atoms with Crippen molar-refractivity contribution in [3.63, 3.8) is 0 Å². The van der Waals surface area contributed by atoms with Crippen LogP contribution >= 0.6 is 34.5 Å². The summed E-state index contributed by atoms with van der Waals surface area (Å²) in [6.45, 7) is 0.283. The van der Waals surface area contributed by atoms with E-state index in [0.717, 1.165) is 16.9 Å². The molecule has 0 aliphatic rings. The highest BCUT2D eigenvalue weighted by atomic mass is 35.5. The standard InChI is InChI=1S/C26H18Cl2N2O4S2/c27-18-10-13-24(34-19-7-2-1-3-8-19)22(14-18)29-36(32,33)20-11-12-23-25(15-20)35-26(31)30(23)16-17-6-4-5-9-21(17)28/h1-15,29H,16H2. The molecule has 0 fully saturated rings. The Kier molecular flexibility index (Phi) is 6.77. The summed E-state index contributed by atoms with van der Waals surface area (Å²) in [4.78, 5) is 12.5. The Morgan fingerprint density at radius 1 is 0.889 bits per heavy atom. The molecule has 0 atom stereocenters. The van der Waals surface area contributed by atoms with Gasteiger partial charge < -0.3 is 4.74 Å². The number of halogens is 2. The number of anilines is 1. The highest BCUT2D eigenvalue weighted by Crippen LogP contribution is 2.34. The van der Waals surface area contributed by atoms with Crippen LogP contribution in [-0.4, -0.2) is 13.0 Å². The molecule has 0 saturated heterocycles. The third-order valence-electron chi connectivity index (χ3n) is 5.39. The molecule has 10 heteroatoms. The van der Waals surface area contributed by atoms with Crippen molar-refractivity contribution in [2.24, 2.45) is 0 Å². The van der Waals surface area contributed by atoms with E-state index in [9.17, 15) is 13.2 Å². The van der Waals surface area contributed by atoms with Crippen molar-refractivity contribution in [3.05, 3.63) is 116 Å². The van der Waals surface area contributed by atoms with Crippen molar-refractivity contribution in [3.8, 4) is 11.5 Å². The molecule has 1 heterocycles. The van der Waals surface area contributed by atoms with Gasteiger partial charge in [-0.1, -0.05) is 70.9 Å². The van der Waals surface area contributed by atoms with Gasteiger partial charge >= 0.3 is 4.87 Å². The van der Waals surface area contributed by atoms with E-state index in [1.807, 2.05) is 36.4 Å². The molecular formula is C26H18Cl2N2O4S2. The van der Waals surface area contributed by atoms with E-state index in [2.05, 4.69) is 4.72 Å². The molecule has 36 heavy (non-hydrogen) atoms. The predicted molar refractivity (Wildman–Crippen MR) is 145 cm³/mol. The lowest BCUT2D eigenvalue weighted by Gasteiger charge is -2.14. The Hall–Kier alpha value is -3.30. The van der Waals surface area contributed by atoms with E-state index in [1.165, 1.54) is 18.2 Å². The van der Waals surface area contributed by atoms with Crippen LogP contribution in [0.5, 0.6) is 11.5 Å². The molecule has 0 aliphatic carbocycles. The van der Waals surface area contributed by atoms with Crippen molar-refractivity contribution in [2.75, 3.05) is 4.72 Å². The SMILES string of the molecule is O=c1sc2cc(S(=O)(=O)Nc3cc(Cl)ccc3Oc3ccccc3)ccc2n1Cc1ccccc1Cl. The lowest BCUT2D eigenvalue weighted by molar-refractivity contribution is 0.485. The minimum Gasteiger partial charge on any atom is -0.455 e. The number of para-hydroxylation sites is 1. The average molecular weight is 557 g/mol. The van der Waals surface area contributed by atoms with Crippen LogP contribution in [0.2, 0.25) is 10.0 Å². The number of benzene rings is 4. The van der Waals surface area contributed by atoms with Crippen molar-refractivity contribution < 1.29 is 13.2 Å². The second kappa shape index (κ2) is 9.99. The van der Waals surface area contributed by atoms with Gasteiger partial charge in [-0.25, -0.2) is 8.42 Å². The fraction of sp³-hybridized carbons (Fsp3) is 0.0385. The van der Waals surface area contributed by atoms with Crippen LogP contribution in [0.15, 0.2) is 101 Å². The van der Waals surface area contributed by atoms with Crippen LogP contribution in [0.4, 0.5) is 5.69 Å². The smallest absolute Gasteiger partial charge is 0.308 e. The first kappa shape index (κ1) is 24.4. The molecule has 1 aromatic heterocycles. The third kappa shape index (κ3) is 5.12. The second-order valence-electron chi connectivity index (χ2n) is 7.84. The van der Waals surface area contributed by atoms with Gasteiger partial charge in [0.15, 0.2) is 5.75 Å². The van der Waals surface area contributed by atoms with Crippen molar-refractivity contribution in [1.29, 1.82) is 0 Å². The highest BCUT2D eigenvalue weighted by molar-refractivity contribution is 7.92. The molecule has 5 rings (SSSR count). The zero-order valence-corrected chi connectivity index (χ0v) is 21.7. The Labute approximate surface area is 221 Å². The second-order valence-corrected chi connectivity index (χ2v) is 11.4. The first-order chi connectivity index (χ1) is 17.3. The maximum absolute atomic E-state index is 13.3. The molecule has 0 spiro atoms. The summed E-state index contributed by atoms with van der Waals surface area (Å²) in [5.74, 6) is 0.845. The molecule has 1 N–H and O–H groups in total. The van der Waals surface area contributed by atoms with Gasteiger partial charge in [0.25, 0.3) is 10.0 Å². The molecule has 6 nitrogen and oxygen atoms in total. The quantitative estimate of drug-likeness (QED) is 0.234. The number of nitrogens with one attached hydrogen (secondary N) is 1. The van der Waals surface area contributed by atoms with Gasteiger partial charge in [-0.3, -0.25) is 14.1 Å². The molecule has 0 unspecified atom stereocenters. The van der Waals surface area contributed by atoms with Gasteiger partial charge in [0.05, 0.1) is 27.3 Å². The predicted octanol–water partition coefficient (Wildman–Crippen LogP) is 7.01. The van der Waals surface area contributed by atoms with Crippen molar-refractivity contribution >= 4 is 60.5 Å². The summed E-state index contributed by atoms with van der Waals surface area (Å²) in [5, 5.41) is 0.903. The zero-order valence-electron chi connectivity index (χ0n) is 18.5. The Morgan fingerprint density at radius 2 is 1.64 bits per heavy atom. The monoisotopic (exact) mass is 556 g/mol. The number of thiazole rings is 1. The Balaban J connectivity index is 1.47. The van der Waals surface area contributed by atoms with E-state index in [1.54, 1.807) is 41.0 Å². The van der Waals surface area contributed by atoms with Crippen molar-refractivity contribution in [2.45, 2.75) is 11.4 Å². The molecule has 0 bridgehead atoms. The normalized spacial score (nSPS) is 11.5. The van der Waals surface area contributed by atoms with E-state index < -0.39 is 10.0 Å². The summed E-state index contributed by atoms with van der Waals surface area (Å²) >= 11 is 13.4. The van der Waals surface area contributed by atoms with Gasteiger partial charge in [-0.2, -0.15) is 0 Å². The van der Waals surface area contributed by atoms with Crippen LogP contribution in [0, 0.1) is 0 Å². The van der Waals surface area contributed by atoms with E-state index in [-0.39, 0.29) is 22.0 Å².